The van der Waals surface area contributed by atoms with Gasteiger partial charge in [0.05, 0.1) is 24.3 Å². The minimum Gasteiger partial charge on any atom is -0.379 e. The predicted molar refractivity (Wildman–Crippen MR) is 119 cm³/mol. The molecule has 3 aliphatic heterocycles. The van der Waals surface area contributed by atoms with Gasteiger partial charge in [-0.05, 0) is 24.6 Å². The molecular weight excluding hydrogens is 438 g/mol. The Labute approximate surface area is 192 Å². The van der Waals surface area contributed by atoms with Crippen LogP contribution in [0.5, 0.6) is 0 Å². The number of rotatable bonds is 7. The summed E-state index contributed by atoms with van der Waals surface area (Å²) in [6, 6.07) is 4.29. The van der Waals surface area contributed by atoms with Gasteiger partial charge in [-0.3, -0.25) is 34.3 Å². The Kier molecular flexibility index (Phi) is 7.83. The van der Waals surface area contributed by atoms with Crippen LogP contribution in [0.4, 0.5) is 5.69 Å². The summed E-state index contributed by atoms with van der Waals surface area (Å²) in [4.78, 5) is 54.9. The Bertz CT molecular complexity index is 903. The van der Waals surface area contributed by atoms with Crippen LogP contribution in [-0.4, -0.2) is 92.0 Å². The topological polar surface area (TPSA) is 125 Å². The molecule has 10 nitrogen and oxygen atoms in total. The monoisotopic (exact) mass is 465 g/mol. The first-order valence-electron chi connectivity index (χ1n) is 10.6. The number of hydrogen-bond donors (Lipinski definition) is 2. The Morgan fingerprint density at radius 2 is 1.72 bits per heavy atom. The van der Waals surface area contributed by atoms with Crippen molar-refractivity contribution in [2.45, 2.75) is 18.9 Å². The number of piperidine rings is 1. The van der Waals surface area contributed by atoms with Gasteiger partial charge < -0.3 is 15.4 Å². The molecule has 4 amide bonds. The third-order valence-corrected chi connectivity index (χ3v) is 5.97. The first-order valence-corrected chi connectivity index (χ1v) is 10.6. The van der Waals surface area contributed by atoms with E-state index in [2.05, 4.69) is 15.1 Å². The van der Waals surface area contributed by atoms with E-state index in [-0.39, 0.29) is 31.2 Å². The van der Waals surface area contributed by atoms with Crippen LogP contribution in [0.1, 0.15) is 33.6 Å². The van der Waals surface area contributed by atoms with Gasteiger partial charge in [-0.2, -0.15) is 0 Å². The van der Waals surface area contributed by atoms with Crippen molar-refractivity contribution < 1.29 is 23.9 Å². The van der Waals surface area contributed by atoms with Gasteiger partial charge in [0, 0.05) is 51.4 Å². The molecule has 11 heteroatoms. The Morgan fingerprint density at radius 1 is 1.00 bits per heavy atom. The number of amides is 4. The second-order valence-corrected chi connectivity index (χ2v) is 7.91. The lowest BCUT2D eigenvalue weighted by atomic mass is 10.0. The lowest BCUT2D eigenvalue weighted by Gasteiger charge is -2.36. The number of nitrogens with zero attached hydrogens (tertiary/aromatic N) is 3. The van der Waals surface area contributed by atoms with E-state index in [9.17, 15) is 19.2 Å². The zero-order chi connectivity index (χ0) is 22.0. The maximum Gasteiger partial charge on any atom is 0.262 e. The smallest absolute Gasteiger partial charge is 0.262 e. The number of carbonyl (C=O) groups excluding carboxylic acids is 4. The van der Waals surface area contributed by atoms with E-state index in [4.69, 9.17) is 10.5 Å². The van der Waals surface area contributed by atoms with Crippen molar-refractivity contribution in [1.29, 1.82) is 0 Å². The SMILES string of the molecule is Cl.NCCOCCN1CCN(c2ccc3c(c2)C(=O)N(C2CCC(=O)NC2=O)C3=O)CC1. The van der Waals surface area contributed by atoms with E-state index in [1.54, 1.807) is 12.1 Å². The lowest BCUT2D eigenvalue weighted by Crippen LogP contribution is -2.54. The summed E-state index contributed by atoms with van der Waals surface area (Å²) < 4.78 is 5.44. The number of piperazine rings is 1. The maximum absolute atomic E-state index is 13.0. The standard InChI is InChI=1S/C21H27N5O5.ClH/c22-5-11-31-12-10-24-6-8-25(9-7-24)14-1-2-15-16(13-14)21(30)26(20(15)29)17-3-4-18(27)23-19(17)28;/h1-2,13,17H,3-12,22H2,(H,23,27,28);1H. The fourth-order valence-electron chi connectivity index (χ4n) is 4.26. The Balaban J connectivity index is 0.00000289. The molecule has 1 aromatic carbocycles. The third-order valence-electron chi connectivity index (χ3n) is 5.97. The highest BCUT2D eigenvalue weighted by Gasteiger charge is 2.44. The molecule has 0 bridgehead atoms. The highest BCUT2D eigenvalue weighted by molar-refractivity contribution is 6.23. The third kappa shape index (κ3) is 4.78. The molecular formula is C21H28ClN5O5. The summed E-state index contributed by atoms with van der Waals surface area (Å²) in [5, 5.41) is 2.21. The number of fused-ring (bicyclic) bond motifs is 1. The molecule has 2 fully saturated rings. The zero-order valence-electron chi connectivity index (χ0n) is 17.7. The fraction of sp³-hybridized carbons (Fsp3) is 0.524. The molecule has 32 heavy (non-hydrogen) atoms. The van der Waals surface area contributed by atoms with Crippen LogP contribution in [0.25, 0.3) is 0 Å². The summed E-state index contributed by atoms with van der Waals surface area (Å²) in [5.41, 5.74) is 6.91. The Hall–Kier alpha value is -2.53. The van der Waals surface area contributed by atoms with Crippen LogP contribution in [0.3, 0.4) is 0 Å². The average Bonchev–Trinajstić information content (AvgIpc) is 3.02. The number of nitrogens with two attached hydrogens (primary N) is 1. The van der Waals surface area contributed by atoms with Crippen LogP contribution in [0, 0.1) is 0 Å². The van der Waals surface area contributed by atoms with Crippen LogP contribution in [0.2, 0.25) is 0 Å². The van der Waals surface area contributed by atoms with E-state index >= 15 is 0 Å². The normalized spacial score (nSPS) is 21.5. The molecule has 0 radical (unpaired) electrons. The van der Waals surface area contributed by atoms with Gasteiger partial charge >= 0.3 is 0 Å². The van der Waals surface area contributed by atoms with Gasteiger partial charge in [-0.15, -0.1) is 12.4 Å². The largest absolute Gasteiger partial charge is 0.379 e. The summed E-state index contributed by atoms with van der Waals surface area (Å²) in [7, 11) is 0. The van der Waals surface area contributed by atoms with Crippen LogP contribution in [-0.2, 0) is 14.3 Å². The van der Waals surface area contributed by atoms with E-state index in [0.717, 1.165) is 43.3 Å². The number of nitrogens with one attached hydrogen (secondary N) is 1. The minimum absolute atomic E-state index is 0. The molecule has 2 saturated heterocycles. The van der Waals surface area contributed by atoms with Crippen molar-refractivity contribution in [3.8, 4) is 0 Å². The van der Waals surface area contributed by atoms with Crippen LogP contribution >= 0.6 is 12.4 Å². The number of hydrogen-bond acceptors (Lipinski definition) is 8. The molecule has 3 aliphatic rings. The predicted octanol–water partition coefficient (Wildman–Crippen LogP) is -0.393. The average molecular weight is 466 g/mol. The number of anilines is 1. The van der Waals surface area contributed by atoms with Gasteiger partial charge in [0.1, 0.15) is 6.04 Å². The van der Waals surface area contributed by atoms with Gasteiger partial charge in [0.2, 0.25) is 11.8 Å². The summed E-state index contributed by atoms with van der Waals surface area (Å²) in [5.74, 6) is -1.95. The summed E-state index contributed by atoms with van der Waals surface area (Å²) in [6.07, 6.45) is 0.260. The molecule has 0 aromatic heterocycles. The van der Waals surface area contributed by atoms with Gasteiger partial charge in [0.25, 0.3) is 11.8 Å². The number of halogens is 1. The number of benzene rings is 1. The van der Waals surface area contributed by atoms with Crippen molar-refractivity contribution in [3.63, 3.8) is 0 Å². The molecule has 174 valence electrons. The zero-order valence-corrected chi connectivity index (χ0v) is 18.6. The second kappa shape index (κ2) is 10.4. The van der Waals surface area contributed by atoms with Gasteiger partial charge in [-0.25, -0.2) is 0 Å². The van der Waals surface area contributed by atoms with E-state index < -0.39 is 23.8 Å². The number of imide groups is 2. The number of ether oxygens (including phenoxy) is 1. The molecule has 1 unspecified atom stereocenters. The lowest BCUT2D eigenvalue weighted by molar-refractivity contribution is -0.136. The highest BCUT2D eigenvalue weighted by atomic mass is 35.5. The first kappa shape index (κ1) is 24.1. The molecule has 3 N–H and O–H groups in total. The van der Waals surface area contributed by atoms with Crippen molar-refractivity contribution in [1.82, 2.24) is 15.1 Å². The van der Waals surface area contributed by atoms with Gasteiger partial charge in [0.15, 0.2) is 0 Å². The van der Waals surface area contributed by atoms with E-state index in [1.165, 1.54) is 0 Å². The molecule has 4 rings (SSSR count). The quantitative estimate of drug-likeness (QED) is 0.412. The molecule has 3 heterocycles. The van der Waals surface area contributed by atoms with Crippen molar-refractivity contribution in [3.05, 3.63) is 29.3 Å². The molecule has 1 atom stereocenters. The second-order valence-electron chi connectivity index (χ2n) is 7.91. The summed E-state index contributed by atoms with van der Waals surface area (Å²) in [6.45, 7) is 5.95. The van der Waals surface area contributed by atoms with E-state index in [0.29, 0.717) is 30.9 Å². The summed E-state index contributed by atoms with van der Waals surface area (Å²) >= 11 is 0. The molecule has 1 aromatic rings. The Morgan fingerprint density at radius 3 is 2.41 bits per heavy atom. The minimum atomic E-state index is -0.946. The molecule has 0 saturated carbocycles. The van der Waals surface area contributed by atoms with Crippen molar-refractivity contribution >= 4 is 41.7 Å². The fourth-order valence-corrected chi connectivity index (χ4v) is 4.26. The van der Waals surface area contributed by atoms with Crippen LogP contribution < -0.4 is 16.0 Å². The van der Waals surface area contributed by atoms with Gasteiger partial charge in [-0.1, -0.05) is 0 Å². The maximum atomic E-state index is 13.0. The van der Waals surface area contributed by atoms with E-state index in [1.807, 2.05) is 6.07 Å². The van der Waals surface area contributed by atoms with Crippen molar-refractivity contribution in [2.75, 3.05) is 57.4 Å². The highest BCUT2D eigenvalue weighted by Crippen LogP contribution is 2.31. The van der Waals surface area contributed by atoms with Crippen molar-refractivity contribution in [2.24, 2.45) is 5.73 Å². The number of carbonyl (C=O) groups is 4. The first-order chi connectivity index (χ1) is 15.0. The molecule has 0 spiro atoms. The van der Waals surface area contributed by atoms with Crippen LogP contribution in [0.15, 0.2) is 18.2 Å². The molecule has 0 aliphatic carbocycles.